The minimum Gasteiger partial charge on any atom is -0.345 e. The van der Waals surface area contributed by atoms with Gasteiger partial charge in [0.25, 0.3) is 5.91 Å². The number of thioether (sulfide) groups is 1. The standard InChI is InChI=1S/C22H25FN2OS/c23-19-6-4-5-18-20(11-14-27-21(18)19)24-22(26)17-9-7-16(8-10-17)15-25-12-2-1-3-13-25/h4-10,20H,1-3,11-15H2,(H,24,26). The Balaban J connectivity index is 1.41. The largest absolute Gasteiger partial charge is 0.345 e. The quantitative estimate of drug-likeness (QED) is 0.823. The number of carbonyl (C=O) groups is 1. The Hall–Kier alpha value is -1.85. The zero-order chi connectivity index (χ0) is 18.6. The third kappa shape index (κ3) is 4.36. The highest BCUT2D eigenvalue weighted by Gasteiger charge is 2.24. The molecule has 2 aromatic carbocycles. The second-order valence-electron chi connectivity index (χ2n) is 7.36. The molecule has 2 aromatic rings. The number of nitrogens with zero attached hydrogens (tertiary/aromatic N) is 1. The Bertz CT molecular complexity index is 802. The van der Waals surface area contributed by atoms with Crippen LogP contribution >= 0.6 is 11.8 Å². The molecule has 2 aliphatic rings. The molecule has 1 atom stereocenters. The maximum atomic E-state index is 14.0. The Morgan fingerprint density at radius 2 is 1.89 bits per heavy atom. The number of nitrogens with one attached hydrogen (secondary N) is 1. The third-order valence-electron chi connectivity index (χ3n) is 5.40. The summed E-state index contributed by atoms with van der Waals surface area (Å²) in [5.74, 6) is 0.526. The van der Waals surface area contributed by atoms with Crippen molar-refractivity contribution in [2.75, 3.05) is 18.8 Å². The smallest absolute Gasteiger partial charge is 0.251 e. The van der Waals surface area contributed by atoms with Crippen LogP contribution in [0.1, 0.15) is 53.2 Å². The van der Waals surface area contributed by atoms with Gasteiger partial charge in [0.1, 0.15) is 5.82 Å². The van der Waals surface area contributed by atoms with Crippen molar-refractivity contribution in [1.29, 1.82) is 0 Å². The SMILES string of the molecule is O=C(NC1CCSc2c(F)cccc21)c1ccc(CN2CCCCC2)cc1. The fourth-order valence-electron chi connectivity index (χ4n) is 3.92. The maximum absolute atomic E-state index is 14.0. The van der Waals surface area contributed by atoms with Crippen LogP contribution in [-0.4, -0.2) is 29.6 Å². The number of fused-ring (bicyclic) bond motifs is 1. The molecule has 5 heteroatoms. The van der Waals surface area contributed by atoms with E-state index < -0.39 is 0 Å². The van der Waals surface area contributed by atoms with Crippen molar-refractivity contribution < 1.29 is 9.18 Å². The van der Waals surface area contributed by atoms with E-state index in [1.54, 1.807) is 6.07 Å². The van der Waals surface area contributed by atoms with Crippen LogP contribution in [0.2, 0.25) is 0 Å². The van der Waals surface area contributed by atoms with E-state index in [9.17, 15) is 9.18 Å². The molecule has 2 heterocycles. The van der Waals surface area contributed by atoms with Gasteiger partial charge in [0.15, 0.2) is 0 Å². The molecule has 4 rings (SSSR count). The van der Waals surface area contributed by atoms with E-state index in [4.69, 9.17) is 0 Å². The molecule has 0 aromatic heterocycles. The molecule has 27 heavy (non-hydrogen) atoms. The lowest BCUT2D eigenvalue weighted by atomic mass is 10.0. The van der Waals surface area contributed by atoms with E-state index in [0.717, 1.165) is 37.4 Å². The zero-order valence-electron chi connectivity index (χ0n) is 15.4. The molecule has 142 valence electrons. The number of hydrogen-bond acceptors (Lipinski definition) is 3. The van der Waals surface area contributed by atoms with Crippen LogP contribution in [0.5, 0.6) is 0 Å². The number of carbonyl (C=O) groups excluding carboxylic acids is 1. The van der Waals surface area contributed by atoms with Gasteiger partial charge in [-0.25, -0.2) is 4.39 Å². The average Bonchev–Trinajstić information content (AvgIpc) is 2.70. The molecule has 3 nitrogen and oxygen atoms in total. The zero-order valence-corrected chi connectivity index (χ0v) is 16.2. The van der Waals surface area contributed by atoms with Gasteiger partial charge in [-0.3, -0.25) is 9.69 Å². The molecule has 1 fully saturated rings. The van der Waals surface area contributed by atoms with Gasteiger partial charge in [-0.1, -0.05) is 30.7 Å². The minimum atomic E-state index is -0.196. The second kappa shape index (κ2) is 8.44. The van der Waals surface area contributed by atoms with Gasteiger partial charge in [0.2, 0.25) is 0 Å². The van der Waals surface area contributed by atoms with Crippen LogP contribution in [0.25, 0.3) is 0 Å². The normalized spacial score (nSPS) is 20.1. The predicted octanol–water partition coefficient (Wildman–Crippen LogP) is 4.78. The first-order chi connectivity index (χ1) is 13.2. The fourth-order valence-corrected chi connectivity index (χ4v) is 5.06. The lowest BCUT2D eigenvalue weighted by Gasteiger charge is -2.27. The molecule has 2 aliphatic heterocycles. The lowest BCUT2D eigenvalue weighted by Crippen LogP contribution is -2.31. The summed E-state index contributed by atoms with van der Waals surface area (Å²) in [4.78, 5) is 15.8. The summed E-state index contributed by atoms with van der Waals surface area (Å²) < 4.78 is 14.0. The van der Waals surface area contributed by atoms with E-state index in [2.05, 4.69) is 10.2 Å². The summed E-state index contributed by atoms with van der Waals surface area (Å²) in [7, 11) is 0. The van der Waals surface area contributed by atoms with E-state index in [-0.39, 0.29) is 17.8 Å². The number of hydrogen-bond donors (Lipinski definition) is 1. The fraction of sp³-hybridized carbons (Fsp3) is 0.409. The van der Waals surface area contributed by atoms with Crippen LogP contribution in [0, 0.1) is 5.82 Å². The lowest BCUT2D eigenvalue weighted by molar-refractivity contribution is 0.0934. The average molecular weight is 385 g/mol. The maximum Gasteiger partial charge on any atom is 0.251 e. The van der Waals surface area contributed by atoms with Gasteiger partial charge in [0.05, 0.1) is 6.04 Å². The van der Waals surface area contributed by atoms with Gasteiger partial charge in [-0.15, -0.1) is 11.8 Å². The number of rotatable bonds is 4. The highest BCUT2D eigenvalue weighted by atomic mass is 32.2. The van der Waals surface area contributed by atoms with Gasteiger partial charge >= 0.3 is 0 Å². The summed E-state index contributed by atoms with van der Waals surface area (Å²) in [6, 6.07) is 12.9. The molecular weight excluding hydrogens is 359 g/mol. The van der Waals surface area contributed by atoms with E-state index in [1.165, 1.54) is 42.7 Å². The Morgan fingerprint density at radius 3 is 2.67 bits per heavy atom. The molecule has 0 bridgehead atoms. The van der Waals surface area contributed by atoms with E-state index in [1.807, 2.05) is 30.3 Å². The van der Waals surface area contributed by atoms with Crippen molar-refractivity contribution >= 4 is 17.7 Å². The summed E-state index contributed by atoms with van der Waals surface area (Å²) in [5, 5.41) is 3.09. The number of piperidine rings is 1. The number of likely N-dealkylation sites (tertiary alicyclic amines) is 1. The Kier molecular flexibility index (Phi) is 5.79. The van der Waals surface area contributed by atoms with Crippen LogP contribution in [0.3, 0.4) is 0 Å². The van der Waals surface area contributed by atoms with Crippen molar-refractivity contribution in [2.24, 2.45) is 0 Å². The van der Waals surface area contributed by atoms with Crippen molar-refractivity contribution in [3.8, 4) is 0 Å². The van der Waals surface area contributed by atoms with Gasteiger partial charge in [0, 0.05) is 22.8 Å². The molecule has 0 saturated carbocycles. The summed E-state index contributed by atoms with van der Waals surface area (Å²) in [5.41, 5.74) is 2.80. The first kappa shape index (κ1) is 18.5. The third-order valence-corrected chi connectivity index (χ3v) is 6.56. The summed E-state index contributed by atoms with van der Waals surface area (Å²) in [6.45, 7) is 3.28. The molecule has 1 N–H and O–H groups in total. The summed E-state index contributed by atoms with van der Waals surface area (Å²) >= 11 is 1.53. The molecular formula is C22H25FN2OS. The van der Waals surface area contributed by atoms with Crippen molar-refractivity contribution in [3.05, 3.63) is 65.0 Å². The van der Waals surface area contributed by atoms with Crippen molar-refractivity contribution in [3.63, 3.8) is 0 Å². The van der Waals surface area contributed by atoms with Crippen LogP contribution in [0.15, 0.2) is 47.4 Å². The topological polar surface area (TPSA) is 32.3 Å². The predicted molar refractivity (Wildman–Crippen MR) is 108 cm³/mol. The van der Waals surface area contributed by atoms with Crippen LogP contribution in [-0.2, 0) is 6.54 Å². The van der Waals surface area contributed by atoms with Crippen LogP contribution in [0.4, 0.5) is 4.39 Å². The highest BCUT2D eigenvalue weighted by Crippen LogP contribution is 2.37. The molecule has 1 unspecified atom stereocenters. The van der Waals surface area contributed by atoms with Crippen LogP contribution < -0.4 is 5.32 Å². The first-order valence-corrected chi connectivity index (χ1v) is 10.7. The highest BCUT2D eigenvalue weighted by molar-refractivity contribution is 7.99. The molecule has 0 spiro atoms. The number of benzene rings is 2. The van der Waals surface area contributed by atoms with E-state index >= 15 is 0 Å². The monoisotopic (exact) mass is 384 g/mol. The Morgan fingerprint density at radius 1 is 1.11 bits per heavy atom. The minimum absolute atomic E-state index is 0.0911. The molecule has 1 saturated heterocycles. The van der Waals surface area contributed by atoms with Gasteiger partial charge in [-0.05, 0) is 61.7 Å². The second-order valence-corrected chi connectivity index (χ2v) is 8.46. The van der Waals surface area contributed by atoms with Gasteiger partial charge in [-0.2, -0.15) is 0 Å². The van der Waals surface area contributed by atoms with Crippen molar-refractivity contribution in [1.82, 2.24) is 10.2 Å². The number of halogens is 1. The van der Waals surface area contributed by atoms with Gasteiger partial charge < -0.3 is 5.32 Å². The van der Waals surface area contributed by atoms with E-state index in [0.29, 0.717) is 10.5 Å². The molecule has 0 radical (unpaired) electrons. The van der Waals surface area contributed by atoms with Crippen molar-refractivity contribution in [2.45, 2.75) is 43.2 Å². The Labute approximate surface area is 164 Å². The first-order valence-electron chi connectivity index (χ1n) is 9.74. The summed E-state index contributed by atoms with van der Waals surface area (Å²) in [6.07, 6.45) is 4.71. The number of amides is 1. The molecule has 0 aliphatic carbocycles. The molecule has 1 amide bonds.